The van der Waals surface area contributed by atoms with Crippen LogP contribution in [0.1, 0.15) is 40.0 Å². The van der Waals surface area contributed by atoms with E-state index in [1.54, 1.807) is 19.9 Å². The molecule has 0 saturated carbocycles. The maximum atomic E-state index is 12.7. The predicted molar refractivity (Wildman–Crippen MR) is 98.5 cm³/mol. The van der Waals surface area contributed by atoms with Gasteiger partial charge in [0.05, 0.1) is 5.56 Å². The smallest absolute Gasteiger partial charge is 0.355 e. The van der Waals surface area contributed by atoms with Crippen molar-refractivity contribution in [3.63, 3.8) is 0 Å². The highest BCUT2D eigenvalue weighted by Gasteiger charge is 2.31. The summed E-state index contributed by atoms with van der Waals surface area (Å²) >= 11 is 0. The number of aromatic nitrogens is 2. The Morgan fingerprint density at radius 3 is 2.68 bits per heavy atom. The van der Waals surface area contributed by atoms with Crippen molar-refractivity contribution in [1.82, 2.24) is 15.3 Å². The Bertz CT molecular complexity index is 922. The average Bonchev–Trinajstić information content (AvgIpc) is 2.60. The molecule has 1 saturated heterocycles. The molecule has 1 atom stereocenters. The van der Waals surface area contributed by atoms with Gasteiger partial charge in [-0.3, -0.25) is 9.59 Å². The van der Waals surface area contributed by atoms with E-state index >= 15 is 0 Å². The number of nitrogens with zero attached hydrogens (tertiary/aromatic N) is 2. The van der Waals surface area contributed by atoms with Gasteiger partial charge in [0.25, 0.3) is 11.5 Å². The largest absolute Gasteiger partial charge is 0.417 e. The number of hydrogen-bond acceptors (Lipinski definition) is 4. The van der Waals surface area contributed by atoms with Crippen molar-refractivity contribution < 1.29 is 18.0 Å². The second kappa shape index (κ2) is 7.65. The molecule has 9 heteroatoms. The van der Waals surface area contributed by atoms with Crippen LogP contribution in [0, 0.1) is 13.8 Å². The maximum absolute atomic E-state index is 12.7. The van der Waals surface area contributed by atoms with Crippen LogP contribution in [-0.4, -0.2) is 35.0 Å². The molecule has 150 valence electrons. The lowest BCUT2D eigenvalue weighted by Crippen LogP contribution is -2.49. The Morgan fingerprint density at radius 1 is 1.32 bits per heavy atom. The molecular formula is C19H21F3N4O2. The summed E-state index contributed by atoms with van der Waals surface area (Å²) in [6.07, 6.45) is -2.15. The summed E-state index contributed by atoms with van der Waals surface area (Å²) < 4.78 is 38.1. The van der Waals surface area contributed by atoms with E-state index in [9.17, 15) is 22.8 Å². The lowest BCUT2D eigenvalue weighted by atomic mass is 10.0. The van der Waals surface area contributed by atoms with Crippen molar-refractivity contribution in [2.24, 2.45) is 0 Å². The number of amides is 1. The van der Waals surface area contributed by atoms with Crippen molar-refractivity contribution in [1.29, 1.82) is 0 Å². The van der Waals surface area contributed by atoms with E-state index in [-0.39, 0.29) is 11.6 Å². The zero-order chi connectivity index (χ0) is 20.5. The van der Waals surface area contributed by atoms with Gasteiger partial charge in [0.2, 0.25) is 0 Å². The number of nitrogens with one attached hydrogen (secondary N) is 2. The minimum atomic E-state index is -4.43. The number of anilines is 1. The normalized spacial score (nSPS) is 17.5. The zero-order valence-corrected chi connectivity index (χ0v) is 15.6. The van der Waals surface area contributed by atoms with Gasteiger partial charge in [-0.15, -0.1) is 0 Å². The number of carbonyl (C=O) groups excluding carboxylic acids is 1. The van der Waals surface area contributed by atoms with Crippen molar-refractivity contribution in [2.75, 3.05) is 18.0 Å². The second-order valence-electron chi connectivity index (χ2n) is 7.00. The molecule has 2 aromatic heterocycles. The van der Waals surface area contributed by atoms with Gasteiger partial charge in [-0.25, -0.2) is 4.98 Å². The van der Waals surface area contributed by atoms with Crippen LogP contribution < -0.4 is 15.8 Å². The van der Waals surface area contributed by atoms with Crippen LogP contribution in [0.15, 0.2) is 29.2 Å². The number of piperidine rings is 1. The molecule has 28 heavy (non-hydrogen) atoms. The number of hydrogen-bond donors (Lipinski definition) is 2. The lowest BCUT2D eigenvalue weighted by Gasteiger charge is -2.34. The number of H-pyrrole nitrogens is 1. The minimum absolute atomic E-state index is 0.0791. The van der Waals surface area contributed by atoms with Gasteiger partial charge in [0.1, 0.15) is 11.4 Å². The van der Waals surface area contributed by atoms with E-state index in [0.717, 1.165) is 18.7 Å². The molecule has 0 aliphatic carbocycles. The minimum Gasteiger partial charge on any atom is -0.355 e. The Labute approximate surface area is 159 Å². The zero-order valence-electron chi connectivity index (χ0n) is 15.6. The number of aromatic amines is 1. The molecular weight excluding hydrogens is 373 g/mol. The molecule has 0 aromatic carbocycles. The highest BCUT2D eigenvalue weighted by atomic mass is 19.4. The summed E-state index contributed by atoms with van der Waals surface area (Å²) in [4.78, 5) is 33.1. The highest BCUT2D eigenvalue weighted by Crippen LogP contribution is 2.29. The molecule has 6 nitrogen and oxygen atoms in total. The molecule has 1 fully saturated rings. The van der Waals surface area contributed by atoms with E-state index in [4.69, 9.17) is 0 Å². The van der Waals surface area contributed by atoms with Crippen molar-refractivity contribution in [3.05, 3.63) is 57.1 Å². The van der Waals surface area contributed by atoms with Gasteiger partial charge in [0.15, 0.2) is 0 Å². The maximum Gasteiger partial charge on any atom is 0.417 e. The van der Waals surface area contributed by atoms with Crippen molar-refractivity contribution in [3.8, 4) is 0 Å². The van der Waals surface area contributed by atoms with Gasteiger partial charge in [-0.1, -0.05) is 0 Å². The number of carbonyl (C=O) groups is 1. The molecule has 2 aromatic rings. The summed E-state index contributed by atoms with van der Waals surface area (Å²) in [7, 11) is 0. The van der Waals surface area contributed by atoms with E-state index in [2.05, 4.69) is 15.3 Å². The third-order valence-corrected chi connectivity index (χ3v) is 4.75. The standard InChI is InChI=1S/C19H21F3N4O2/c1-11-8-12(2)24-17(27)16(11)18(28)25-14-4-3-7-26(10-14)15-6-5-13(9-23-15)19(20,21)22/h5-6,8-9,14H,3-4,7,10H2,1-2H3,(H,24,27)(H,25,28). The van der Waals surface area contributed by atoms with Crippen LogP contribution >= 0.6 is 0 Å². The first-order valence-corrected chi connectivity index (χ1v) is 8.94. The van der Waals surface area contributed by atoms with Gasteiger partial charge >= 0.3 is 6.18 Å². The fourth-order valence-corrected chi connectivity index (χ4v) is 3.44. The first-order valence-electron chi connectivity index (χ1n) is 8.94. The van der Waals surface area contributed by atoms with Gasteiger partial charge in [-0.05, 0) is 50.5 Å². The molecule has 0 radical (unpaired) electrons. The average molecular weight is 394 g/mol. The van der Waals surface area contributed by atoms with E-state index < -0.39 is 23.2 Å². The molecule has 1 amide bonds. The second-order valence-corrected chi connectivity index (χ2v) is 7.00. The fraction of sp³-hybridized carbons (Fsp3) is 0.421. The van der Waals surface area contributed by atoms with Crippen molar-refractivity contribution in [2.45, 2.75) is 38.9 Å². The Kier molecular flexibility index (Phi) is 5.44. The van der Waals surface area contributed by atoms with Crippen molar-refractivity contribution >= 4 is 11.7 Å². The lowest BCUT2D eigenvalue weighted by molar-refractivity contribution is -0.137. The predicted octanol–water partition coefficient (Wildman–Crippen LogP) is 2.80. The van der Waals surface area contributed by atoms with E-state index in [0.29, 0.717) is 36.6 Å². The van der Waals surface area contributed by atoms with Gasteiger partial charge < -0.3 is 15.2 Å². The molecule has 0 bridgehead atoms. The summed E-state index contributed by atoms with van der Waals surface area (Å²) in [5.41, 5.74) is 0.113. The SMILES string of the molecule is Cc1cc(C)c(C(=O)NC2CCCN(c3ccc(C(F)(F)F)cn3)C2)c(=O)[nH]1. The van der Waals surface area contributed by atoms with Crippen LogP contribution in [0.3, 0.4) is 0 Å². The highest BCUT2D eigenvalue weighted by molar-refractivity contribution is 5.95. The summed E-state index contributed by atoms with van der Waals surface area (Å²) in [5, 5.41) is 2.86. The summed E-state index contributed by atoms with van der Waals surface area (Å²) in [6, 6.07) is 3.84. The quantitative estimate of drug-likeness (QED) is 0.839. The van der Waals surface area contributed by atoms with Gasteiger partial charge in [0, 0.05) is 31.0 Å². The van der Waals surface area contributed by atoms with E-state index in [1.165, 1.54) is 6.07 Å². The Balaban J connectivity index is 1.70. The van der Waals surface area contributed by atoms with Crippen LogP contribution in [0.5, 0.6) is 0 Å². The first kappa shape index (κ1) is 19.9. The van der Waals surface area contributed by atoms with Crippen LogP contribution in [0.25, 0.3) is 0 Å². The number of alkyl halides is 3. The molecule has 3 heterocycles. The van der Waals surface area contributed by atoms with Crippen LogP contribution in [-0.2, 0) is 6.18 Å². The molecule has 1 unspecified atom stereocenters. The summed E-state index contributed by atoms with van der Waals surface area (Å²) in [6.45, 7) is 4.49. The molecule has 1 aliphatic heterocycles. The van der Waals surface area contributed by atoms with Crippen LogP contribution in [0.4, 0.5) is 19.0 Å². The topological polar surface area (TPSA) is 78.1 Å². The first-order chi connectivity index (χ1) is 13.1. The fourth-order valence-electron chi connectivity index (χ4n) is 3.44. The number of halogens is 3. The third kappa shape index (κ3) is 4.35. The summed E-state index contributed by atoms with van der Waals surface area (Å²) in [5.74, 6) is -0.0257. The number of aryl methyl sites for hydroxylation is 2. The molecule has 3 rings (SSSR count). The molecule has 2 N–H and O–H groups in total. The van der Waals surface area contributed by atoms with Crippen LogP contribution in [0.2, 0.25) is 0 Å². The van der Waals surface area contributed by atoms with Gasteiger partial charge in [-0.2, -0.15) is 13.2 Å². The Morgan fingerprint density at radius 2 is 2.07 bits per heavy atom. The molecule has 1 aliphatic rings. The molecule has 0 spiro atoms. The number of rotatable bonds is 3. The monoisotopic (exact) mass is 394 g/mol. The third-order valence-electron chi connectivity index (χ3n) is 4.75. The van der Waals surface area contributed by atoms with E-state index in [1.807, 2.05) is 4.90 Å². The number of pyridine rings is 2. The Hall–Kier alpha value is -2.84.